The third kappa shape index (κ3) is 7.31. The van der Waals surface area contributed by atoms with Gasteiger partial charge in [-0.1, -0.05) is 36.6 Å². The lowest BCUT2D eigenvalue weighted by atomic mass is 9.82. The van der Waals surface area contributed by atoms with E-state index in [4.69, 9.17) is 30.5 Å². The Morgan fingerprint density at radius 3 is 2.59 bits per heavy atom. The summed E-state index contributed by atoms with van der Waals surface area (Å²) in [5.41, 5.74) is 3.71. The predicted molar refractivity (Wildman–Crippen MR) is 168 cm³/mol. The molecule has 1 aliphatic carbocycles. The molecule has 0 N–H and O–H groups in total. The largest absolute Gasteiger partial charge is 0.493 e. The van der Waals surface area contributed by atoms with E-state index in [9.17, 15) is 9.59 Å². The molecule has 2 aromatic carbocycles. The van der Waals surface area contributed by atoms with Crippen LogP contribution in [0.4, 0.5) is 0 Å². The summed E-state index contributed by atoms with van der Waals surface area (Å²) in [6, 6.07) is 15.7. The van der Waals surface area contributed by atoms with Gasteiger partial charge in [-0.2, -0.15) is 0 Å². The molecule has 0 bridgehead atoms. The van der Waals surface area contributed by atoms with Crippen molar-refractivity contribution >= 4 is 23.4 Å². The molecule has 2 aliphatic rings. The SMILES string of the molecule is COC(=O)COCC1CCCCC(C(=O)CC[C@H]2O[C@H](c3cccc(OC)c3OC)c3cc(Cl)ccc3-n3cccc32)CC1. The van der Waals surface area contributed by atoms with Crippen molar-refractivity contribution in [2.24, 2.45) is 11.8 Å². The fraction of sp³-hybridized carbons (Fsp3) is 0.486. The van der Waals surface area contributed by atoms with Crippen molar-refractivity contribution in [2.45, 2.75) is 63.6 Å². The van der Waals surface area contributed by atoms with E-state index in [-0.39, 0.29) is 30.4 Å². The van der Waals surface area contributed by atoms with Crippen LogP contribution in [0.3, 0.4) is 0 Å². The molecule has 1 aliphatic heterocycles. The molecule has 1 saturated carbocycles. The number of methoxy groups -OCH3 is 3. The highest BCUT2D eigenvalue weighted by Gasteiger charge is 2.34. The Bertz CT molecular complexity index is 1440. The fourth-order valence-corrected chi connectivity index (χ4v) is 6.78. The minimum absolute atomic E-state index is 0.0150. The molecule has 0 spiro atoms. The number of ether oxygens (including phenoxy) is 5. The quantitative estimate of drug-likeness (QED) is 0.205. The van der Waals surface area contributed by atoms with Gasteiger partial charge in [0.2, 0.25) is 0 Å². The van der Waals surface area contributed by atoms with Gasteiger partial charge in [0.15, 0.2) is 11.5 Å². The molecule has 8 nitrogen and oxygen atoms in total. The van der Waals surface area contributed by atoms with Gasteiger partial charge in [0.1, 0.15) is 18.5 Å². The Labute approximate surface area is 264 Å². The summed E-state index contributed by atoms with van der Waals surface area (Å²) in [6.07, 6.45) is 7.94. The van der Waals surface area contributed by atoms with Crippen molar-refractivity contribution in [3.63, 3.8) is 0 Å². The minimum atomic E-state index is -0.499. The highest BCUT2D eigenvalue weighted by atomic mass is 35.5. The summed E-state index contributed by atoms with van der Waals surface area (Å²) < 4.78 is 30.8. The molecule has 2 unspecified atom stereocenters. The molecule has 1 aromatic heterocycles. The summed E-state index contributed by atoms with van der Waals surface area (Å²) in [5.74, 6) is 1.49. The fourth-order valence-electron chi connectivity index (χ4n) is 6.60. The van der Waals surface area contributed by atoms with Gasteiger partial charge in [0, 0.05) is 34.7 Å². The normalized spacial score (nSPS) is 21.6. The second kappa shape index (κ2) is 15.1. The number of aromatic nitrogens is 1. The van der Waals surface area contributed by atoms with Crippen LogP contribution in [0.1, 0.15) is 80.4 Å². The molecule has 44 heavy (non-hydrogen) atoms. The Hall–Kier alpha value is -3.33. The van der Waals surface area contributed by atoms with Crippen LogP contribution in [0.15, 0.2) is 54.7 Å². The van der Waals surface area contributed by atoms with Gasteiger partial charge in [-0.25, -0.2) is 4.79 Å². The van der Waals surface area contributed by atoms with Gasteiger partial charge in [0.25, 0.3) is 0 Å². The molecule has 0 saturated heterocycles. The third-order valence-electron chi connectivity index (χ3n) is 8.91. The van der Waals surface area contributed by atoms with Crippen LogP contribution in [-0.2, 0) is 23.8 Å². The number of esters is 1. The number of halogens is 1. The van der Waals surface area contributed by atoms with E-state index in [0.717, 1.165) is 61.0 Å². The van der Waals surface area contributed by atoms with Gasteiger partial charge in [-0.3, -0.25) is 4.79 Å². The van der Waals surface area contributed by atoms with E-state index in [1.54, 1.807) is 14.2 Å². The maximum atomic E-state index is 13.7. The van der Waals surface area contributed by atoms with Crippen LogP contribution in [0.25, 0.3) is 5.69 Å². The van der Waals surface area contributed by atoms with Crippen molar-refractivity contribution in [1.82, 2.24) is 4.57 Å². The van der Waals surface area contributed by atoms with Crippen molar-refractivity contribution in [1.29, 1.82) is 0 Å². The summed E-state index contributed by atoms with van der Waals surface area (Å²) in [6.45, 7) is 0.486. The average molecular weight is 624 g/mol. The summed E-state index contributed by atoms with van der Waals surface area (Å²) >= 11 is 6.53. The Morgan fingerprint density at radius 2 is 1.80 bits per heavy atom. The molecule has 0 amide bonds. The molecular weight excluding hydrogens is 582 g/mol. The number of ketones is 1. The van der Waals surface area contributed by atoms with E-state index in [2.05, 4.69) is 15.4 Å². The second-order valence-electron chi connectivity index (χ2n) is 11.6. The lowest BCUT2D eigenvalue weighted by Crippen LogP contribution is -2.22. The molecule has 2 heterocycles. The number of carbonyl (C=O) groups is 2. The van der Waals surface area contributed by atoms with Crippen molar-refractivity contribution < 1.29 is 33.3 Å². The number of hydrogen-bond donors (Lipinski definition) is 0. The maximum Gasteiger partial charge on any atom is 0.331 e. The van der Waals surface area contributed by atoms with E-state index < -0.39 is 6.10 Å². The molecular formula is C35H42ClNO7. The van der Waals surface area contributed by atoms with Crippen molar-refractivity contribution in [2.75, 3.05) is 34.5 Å². The Morgan fingerprint density at radius 1 is 0.955 bits per heavy atom. The van der Waals surface area contributed by atoms with Gasteiger partial charge in [-0.15, -0.1) is 0 Å². The highest BCUT2D eigenvalue weighted by Crippen LogP contribution is 2.46. The molecule has 0 radical (unpaired) electrons. The molecule has 236 valence electrons. The topological polar surface area (TPSA) is 85.2 Å². The Kier molecular flexibility index (Phi) is 11.0. The van der Waals surface area contributed by atoms with E-state index >= 15 is 0 Å². The maximum absolute atomic E-state index is 13.7. The van der Waals surface area contributed by atoms with E-state index in [1.807, 2.05) is 48.7 Å². The number of hydrogen-bond acceptors (Lipinski definition) is 7. The Balaban J connectivity index is 1.34. The van der Waals surface area contributed by atoms with Crippen LogP contribution >= 0.6 is 11.6 Å². The number of benzene rings is 2. The van der Waals surface area contributed by atoms with Crippen LogP contribution in [0.5, 0.6) is 11.5 Å². The van der Waals surface area contributed by atoms with Crippen LogP contribution in [0.2, 0.25) is 5.02 Å². The molecule has 9 heteroatoms. The third-order valence-corrected chi connectivity index (χ3v) is 9.14. The lowest BCUT2D eigenvalue weighted by Gasteiger charge is -2.26. The van der Waals surface area contributed by atoms with Gasteiger partial charge in [-0.05, 0) is 74.4 Å². The number of para-hydroxylation sites is 1. The van der Waals surface area contributed by atoms with E-state index in [1.165, 1.54) is 7.11 Å². The van der Waals surface area contributed by atoms with Crippen LogP contribution < -0.4 is 9.47 Å². The summed E-state index contributed by atoms with van der Waals surface area (Å²) in [5, 5.41) is 0.611. The number of carbonyl (C=O) groups excluding carboxylic acids is 2. The van der Waals surface area contributed by atoms with Crippen molar-refractivity contribution in [3.8, 4) is 17.2 Å². The zero-order chi connectivity index (χ0) is 31.1. The first-order valence-corrected chi connectivity index (χ1v) is 15.8. The standard InChI is InChI=1S/C35H42ClNO7/c1-40-32-12-6-10-26(35(32)42-3)34-27-20-25(36)15-16-28(27)37-19-7-11-29(37)31(44-34)18-17-30(38)24-9-5-4-8-23(13-14-24)21-43-22-33(39)41-2/h6-7,10-12,15-16,19-20,23-24,31,34H,4-5,8-9,13-14,17-18,21-22H2,1-3H3/t23?,24?,31-,34-/m1/s1. The van der Waals surface area contributed by atoms with Crippen LogP contribution in [0, 0.1) is 11.8 Å². The van der Waals surface area contributed by atoms with Gasteiger partial charge >= 0.3 is 5.97 Å². The number of nitrogens with zero attached hydrogens (tertiary/aromatic N) is 1. The zero-order valence-corrected chi connectivity index (χ0v) is 26.5. The molecule has 4 atom stereocenters. The molecule has 3 aromatic rings. The summed E-state index contributed by atoms with van der Waals surface area (Å²) in [7, 11) is 4.61. The van der Waals surface area contributed by atoms with Gasteiger partial charge < -0.3 is 28.3 Å². The predicted octanol–water partition coefficient (Wildman–Crippen LogP) is 7.43. The highest BCUT2D eigenvalue weighted by molar-refractivity contribution is 6.30. The first kappa shape index (κ1) is 32.1. The molecule has 5 rings (SSSR count). The summed E-state index contributed by atoms with van der Waals surface area (Å²) in [4.78, 5) is 25.1. The van der Waals surface area contributed by atoms with Gasteiger partial charge in [0.05, 0.1) is 45.4 Å². The zero-order valence-electron chi connectivity index (χ0n) is 25.8. The minimum Gasteiger partial charge on any atom is -0.493 e. The first-order valence-electron chi connectivity index (χ1n) is 15.4. The van der Waals surface area contributed by atoms with E-state index in [0.29, 0.717) is 41.9 Å². The lowest BCUT2D eigenvalue weighted by molar-refractivity contribution is -0.146. The number of rotatable bonds is 11. The number of fused-ring (bicyclic) bond motifs is 3. The first-order chi connectivity index (χ1) is 21.4. The average Bonchev–Trinajstić information content (AvgIpc) is 3.47. The van der Waals surface area contributed by atoms with Crippen LogP contribution in [-0.4, -0.2) is 50.9 Å². The smallest absolute Gasteiger partial charge is 0.331 e. The molecule has 1 fully saturated rings. The number of Topliss-reactive ketones (excluding diaryl/α,β-unsaturated/α-hetero) is 1. The van der Waals surface area contributed by atoms with Crippen molar-refractivity contribution in [3.05, 3.63) is 76.6 Å². The second-order valence-corrected chi connectivity index (χ2v) is 12.1. The monoisotopic (exact) mass is 623 g/mol.